The zero-order valence-electron chi connectivity index (χ0n) is 10.7. The predicted octanol–water partition coefficient (Wildman–Crippen LogP) is 1.53. The van der Waals surface area contributed by atoms with Gasteiger partial charge in [-0.3, -0.25) is 4.79 Å². The first-order valence-corrected chi connectivity index (χ1v) is 5.75. The lowest BCUT2D eigenvalue weighted by atomic mass is 10.1. The van der Waals surface area contributed by atoms with Crippen molar-refractivity contribution in [1.29, 1.82) is 0 Å². The van der Waals surface area contributed by atoms with E-state index in [-0.39, 0.29) is 18.1 Å². The second-order valence-corrected chi connectivity index (χ2v) is 3.83. The Kier molecular flexibility index (Phi) is 6.14. The third-order valence-electron chi connectivity index (χ3n) is 2.44. The van der Waals surface area contributed by atoms with Gasteiger partial charge in [-0.15, -0.1) is 0 Å². The van der Waals surface area contributed by atoms with E-state index in [2.05, 4.69) is 5.32 Å². The molecule has 1 aromatic rings. The minimum Gasteiger partial charge on any atom is -0.496 e. The van der Waals surface area contributed by atoms with Crippen molar-refractivity contribution in [1.82, 2.24) is 5.32 Å². The topological polar surface area (TPSA) is 47.6 Å². The van der Waals surface area contributed by atoms with Crippen molar-refractivity contribution in [3.05, 3.63) is 29.6 Å². The molecule has 1 rings (SSSR count). The largest absolute Gasteiger partial charge is 0.496 e. The smallest absolute Gasteiger partial charge is 0.224 e. The van der Waals surface area contributed by atoms with Crippen LogP contribution in [0.25, 0.3) is 0 Å². The van der Waals surface area contributed by atoms with Gasteiger partial charge in [-0.2, -0.15) is 0 Å². The molecule has 0 aliphatic heterocycles. The standard InChI is InChI=1S/C13H18FNO3/c1-17-7-3-6-15-13(16)9-10-8-11(14)4-5-12(10)18-2/h4-5,8H,3,6-7,9H2,1-2H3,(H,15,16). The molecule has 1 amide bonds. The number of hydrogen-bond donors (Lipinski definition) is 1. The van der Waals surface area contributed by atoms with Gasteiger partial charge in [-0.1, -0.05) is 0 Å². The lowest BCUT2D eigenvalue weighted by Crippen LogP contribution is -2.26. The van der Waals surface area contributed by atoms with Gasteiger partial charge in [-0.05, 0) is 24.6 Å². The van der Waals surface area contributed by atoms with Gasteiger partial charge in [0.05, 0.1) is 13.5 Å². The predicted molar refractivity (Wildman–Crippen MR) is 66.2 cm³/mol. The molecule has 0 unspecified atom stereocenters. The number of ether oxygens (including phenoxy) is 2. The van der Waals surface area contributed by atoms with E-state index in [9.17, 15) is 9.18 Å². The van der Waals surface area contributed by atoms with Crippen LogP contribution in [0.15, 0.2) is 18.2 Å². The molecule has 100 valence electrons. The van der Waals surface area contributed by atoms with E-state index >= 15 is 0 Å². The van der Waals surface area contributed by atoms with E-state index in [1.807, 2.05) is 0 Å². The number of benzene rings is 1. The van der Waals surface area contributed by atoms with Gasteiger partial charge >= 0.3 is 0 Å². The van der Waals surface area contributed by atoms with E-state index in [4.69, 9.17) is 9.47 Å². The van der Waals surface area contributed by atoms with Crippen molar-refractivity contribution in [2.24, 2.45) is 0 Å². The molecular weight excluding hydrogens is 237 g/mol. The monoisotopic (exact) mass is 255 g/mol. The Balaban J connectivity index is 2.50. The summed E-state index contributed by atoms with van der Waals surface area (Å²) < 4.78 is 23.0. The van der Waals surface area contributed by atoms with Crippen LogP contribution >= 0.6 is 0 Å². The van der Waals surface area contributed by atoms with E-state index in [1.165, 1.54) is 25.3 Å². The Morgan fingerprint density at radius 3 is 2.83 bits per heavy atom. The minimum atomic E-state index is -0.377. The van der Waals surface area contributed by atoms with Gasteiger partial charge in [0.1, 0.15) is 11.6 Å². The van der Waals surface area contributed by atoms with Gasteiger partial charge in [0.15, 0.2) is 0 Å². The van der Waals surface area contributed by atoms with Crippen LogP contribution < -0.4 is 10.1 Å². The molecule has 1 aromatic carbocycles. The molecule has 0 aromatic heterocycles. The molecule has 0 aliphatic rings. The summed E-state index contributed by atoms with van der Waals surface area (Å²) in [5.41, 5.74) is 0.543. The van der Waals surface area contributed by atoms with Crippen LogP contribution in [-0.4, -0.2) is 33.3 Å². The highest BCUT2D eigenvalue weighted by atomic mass is 19.1. The number of nitrogens with one attached hydrogen (secondary N) is 1. The second kappa shape index (κ2) is 7.66. The fraction of sp³-hybridized carbons (Fsp3) is 0.462. The van der Waals surface area contributed by atoms with E-state index in [0.717, 1.165) is 6.42 Å². The molecule has 4 nitrogen and oxygen atoms in total. The lowest BCUT2D eigenvalue weighted by molar-refractivity contribution is -0.120. The Labute approximate surface area is 106 Å². The first-order chi connectivity index (χ1) is 8.67. The fourth-order valence-corrected chi connectivity index (χ4v) is 1.57. The maximum atomic E-state index is 13.1. The number of methoxy groups -OCH3 is 2. The molecule has 18 heavy (non-hydrogen) atoms. The number of halogens is 1. The Bertz CT molecular complexity index is 396. The molecule has 0 fully saturated rings. The van der Waals surface area contributed by atoms with Gasteiger partial charge < -0.3 is 14.8 Å². The maximum Gasteiger partial charge on any atom is 0.224 e. The van der Waals surface area contributed by atoms with E-state index in [0.29, 0.717) is 24.5 Å². The second-order valence-electron chi connectivity index (χ2n) is 3.83. The molecule has 0 atom stereocenters. The summed E-state index contributed by atoms with van der Waals surface area (Å²) >= 11 is 0. The summed E-state index contributed by atoms with van der Waals surface area (Å²) in [5, 5.41) is 2.74. The molecule has 0 radical (unpaired) electrons. The Morgan fingerprint density at radius 1 is 1.39 bits per heavy atom. The molecule has 0 heterocycles. The molecule has 0 saturated heterocycles. The molecule has 0 aliphatic carbocycles. The van der Waals surface area contributed by atoms with Gasteiger partial charge in [0.25, 0.3) is 0 Å². The number of carbonyl (C=O) groups is 1. The number of carbonyl (C=O) groups excluding carboxylic acids is 1. The Morgan fingerprint density at radius 2 is 2.17 bits per heavy atom. The van der Waals surface area contributed by atoms with E-state index < -0.39 is 0 Å². The first-order valence-electron chi connectivity index (χ1n) is 5.75. The molecule has 0 spiro atoms. The lowest BCUT2D eigenvalue weighted by Gasteiger charge is -2.09. The van der Waals surface area contributed by atoms with E-state index in [1.54, 1.807) is 7.11 Å². The number of rotatable bonds is 7. The van der Waals surface area contributed by atoms with Crippen LogP contribution in [0.2, 0.25) is 0 Å². The zero-order valence-corrected chi connectivity index (χ0v) is 10.7. The average molecular weight is 255 g/mol. The average Bonchev–Trinajstić information content (AvgIpc) is 2.35. The normalized spacial score (nSPS) is 10.2. The molecular formula is C13H18FNO3. The summed E-state index contributed by atoms with van der Waals surface area (Å²) in [4.78, 5) is 11.6. The van der Waals surface area contributed by atoms with Gasteiger partial charge in [0, 0.05) is 25.8 Å². The summed E-state index contributed by atoms with van der Waals surface area (Å²) in [6.45, 7) is 1.15. The highest BCUT2D eigenvalue weighted by Crippen LogP contribution is 2.19. The van der Waals surface area contributed by atoms with Gasteiger partial charge in [-0.25, -0.2) is 4.39 Å². The third-order valence-corrected chi connectivity index (χ3v) is 2.44. The molecule has 1 N–H and O–H groups in total. The highest BCUT2D eigenvalue weighted by molar-refractivity contribution is 5.79. The van der Waals surface area contributed by atoms with Crippen molar-refractivity contribution >= 4 is 5.91 Å². The van der Waals surface area contributed by atoms with Crippen molar-refractivity contribution in [3.8, 4) is 5.75 Å². The van der Waals surface area contributed by atoms with Crippen molar-refractivity contribution in [2.75, 3.05) is 27.4 Å². The summed E-state index contributed by atoms with van der Waals surface area (Å²) in [5.74, 6) is -0.0172. The SMILES string of the molecule is COCCCNC(=O)Cc1cc(F)ccc1OC. The molecule has 0 saturated carbocycles. The van der Waals surface area contributed by atoms with Crippen molar-refractivity contribution < 1.29 is 18.7 Å². The summed E-state index contributed by atoms with van der Waals surface area (Å²) in [6.07, 6.45) is 0.858. The van der Waals surface area contributed by atoms with Crippen molar-refractivity contribution in [3.63, 3.8) is 0 Å². The fourth-order valence-electron chi connectivity index (χ4n) is 1.57. The minimum absolute atomic E-state index is 0.105. The maximum absolute atomic E-state index is 13.1. The van der Waals surface area contributed by atoms with Crippen LogP contribution in [0.1, 0.15) is 12.0 Å². The van der Waals surface area contributed by atoms with Crippen LogP contribution in [-0.2, 0) is 16.0 Å². The quantitative estimate of drug-likeness (QED) is 0.752. The summed E-state index contributed by atoms with van der Waals surface area (Å²) in [7, 11) is 3.10. The number of hydrogen-bond acceptors (Lipinski definition) is 3. The summed E-state index contributed by atoms with van der Waals surface area (Å²) in [6, 6.07) is 4.13. The Hall–Kier alpha value is -1.62. The number of amides is 1. The van der Waals surface area contributed by atoms with Crippen LogP contribution in [0.4, 0.5) is 4.39 Å². The van der Waals surface area contributed by atoms with Crippen LogP contribution in [0, 0.1) is 5.82 Å². The van der Waals surface area contributed by atoms with Crippen molar-refractivity contribution in [2.45, 2.75) is 12.8 Å². The third kappa shape index (κ3) is 4.71. The zero-order chi connectivity index (χ0) is 13.4. The van der Waals surface area contributed by atoms with Crippen LogP contribution in [0.5, 0.6) is 5.75 Å². The van der Waals surface area contributed by atoms with Crippen LogP contribution in [0.3, 0.4) is 0 Å². The molecule has 0 bridgehead atoms. The van der Waals surface area contributed by atoms with Gasteiger partial charge in [0.2, 0.25) is 5.91 Å². The molecule has 5 heteroatoms. The first kappa shape index (κ1) is 14.4. The highest BCUT2D eigenvalue weighted by Gasteiger charge is 2.09.